The van der Waals surface area contributed by atoms with Gasteiger partial charge in [0.15, 0.2) is 0 Å². The second-order valence-corrected chi connectivity index (χ2v) is 8.14. The molecule has 0 aliphatic carbocycles. The van der Waals surface area contributed by atoms with Crippen molar-refractivity contribution < 1.29 is 13.9 Å². The summed E-state index contributed by atoms with van der Waals surface area (Å²) in [6, 6.07) is 6.53. The smallest absolute Gasteiger partial charge is 0.415 e. The van der Waals surface area contributed by atoms with Gasteiger partial charge in [-0.1, -0.05) is 19.9 Å². The number of cyclic esters (lactones) is 1. The van der Waals surface area contributed by atoms with Crippen LogP contribution in [0.15, 0.2) is 42.9 Å². The average Bonchev–Trinajstić information content (AvgIpc) is 3.33. The van der Waals surface area contributed by atoms with E-state index in [0.29, 0.717) is 24.1 Å². The van der Waals surface area contributed by atoms with Crippen LogP contribution in [0.2, 0.25) is 0 Å². The third-order valence-electron chi connectivity index (χ3n) is 5.65. The molecular weight excluding hydrogens is 399 g/mol. The molecule has 1 amide bonds. The van der Waals surface area contributed by atoms with Gasteiger partial charge in [-0.15, -0.1) is 0 Å². The van der Waals surface area contributed by atoms with E-state index in [1.807, 2.05) is 44.9 Å². The van der Waals surface area contributed by atoms with E-state index in [4.69, 9.17) is 4.74 Å². The van der Waals surface area contributed by atoms with E-state index >= 15 is 0 Å². The highest BCUT2D eigenvalue weighted by molar-refractivity contribution is 5.89. The lowest BCUT2D eigenvalue weighted by atomic mass is 10.0. The van der Waals surface area contributed by atoms with Gasteiger partial charge in [-0.05, 0) is 43.5 Å². The Labute approximate surface area is 181 Å². The molecule has 0 saturated carbocycles. The van der Waals surface area contributed by atoms with Crippen LogP contribution in [0.4, 0.5) is 26.6 Å². The second kappa shape index (κ2) is 8.41. The quantitative estimate of drug-likeness (QED) is 0.722. The van der Waals surface area contributed by atoms with Crippen molar-refractivity contribution >= 4 is 23.5 Å². The Morgan fingerprint density at radius 1 is 1.29 bits per heavy atom. The summed E-state index contributed by atoms with van der Waals surface area (Å²) >= 11 is 0. The van der Waals surface area contributed by atoms with Gasteiger partial charge in [0, 0.05) is 18.6 Å². The van der Waals surface area contributed by atoms with E-state index in [1.165, 1.54) is 6.07 Å². The van der Waals surface area contributed by atoms with E-state index in [0.717, 1.165) is 5.56 Å². The molecule has 2 aliphatic rings. The second-order valence-electron chi connectivity index (χ2n) is 8.14. The van der Waals surface area contributed by atoms with Gasteiger partial charge >= 0.3 is 6.09 Å². The lowest BCUT2D eigenvalue weighted by Gasteiger charge is -2.24. The van der Waals surface area contributed by atoms with Crippen molar-refractivity contribution in [3.8, 4) is 0 Å². The van der Waals surface area contributed by atoms with Crippen LogP contribution in [-0.4, -0.2) is 34.9 Å². The fourth-order valence-corrected chi connectivity index (χ4v) is 3.78. The third-order valence-corrected chi connectivity index (χ3v) is 5.65. The fraction of sp³-hybridized carbons (Fsp3) is 0.409. The Balaban J connectivity index is 1.51. The standard InChI is InChI=1S/C22H27FN6O2/c1-13(2)19-12-31-22(30)29(19)20-7-8-25-21(27-20)26-14(3)16-5-6-18(17(23)11-16)28-10-9-24-15(28)4/h5-11,13-15,19,24H,12H2,1-4H3,(H,25,26,27)/t14-,15?,19+/m0/s1. The first-order chi connectivity index (χ1) is 14.8. The first kappa shape index (κ1) is 20.9. The molecule has 8 nitrogen and oxygen atoms in total. The highest BCUT2D eigenvalue weighted by atomic mass is 19.1. The number of hydrogen-bond acceptors (Lipinski definition) is 7. The topological polar surface area (TPSA) is 82.6 Å². The summed E-state index contributed by atoms with van der Waals surface area (Å²) in [5.74, 6) is 0.758. The number of rotatable bonds is 6. The van der Waals surface area contributed by atoms with Gasteiger partial charge in [-0.3, -0.25) is 4.90 Å². The molecule has 0 radical (unpaired) electrons. The zero-order valence-corrected chi connectivity index (χ0v) is 18.0. The van der Waals surface area contributed by atoms with E-state index < -0.39 is 6.09 Å². The van der Waals surface area contributed by atoms with Crippen molar-refractivity contribution in [2.75, 3.05) is 21.7 Å². The Kier molecular flexibility index (Phi) is 5.67. The molecule has 9 heteroatoms. The van der Waals surface area contributed by atoms with E-state index in [-0.39, 0.29) is 30.0 Å². The van der Waals surface area contributed by atoms with Crippen molar-refractivity contribution in [2.45, 2.75) is 45.9 Å². The van der Waals surface area contributed by atoms with Crippen molar-refractivity contribution in [1.82, 2.24) is 15.3 Å². The molecule has 3 heterocycles. The number of carbonyl (C=O) groups is 1. The Morgan fingerprint density at radius 3 is 2.77 bits per heavy atom. The molecule has 4 rings (SSSR count). The number of amides is 1. The predicted molar refractivity (Wildman–Crippen MR) is 117 cm³/mol. The minimum Gasteiger partial charge on any atom is -0.447 e. The monoisotopic (exact) mass is 426 g/mol. The van der Waals surface area contributed by atoms with Gasteiger partial charge in [0.25, 0.3) is 0 Å². The van der Waals surface area contributed by atoms with Crippen LogP contribution in [0, 0.1) is 11.7 Å². The number of benzene rings is 1. The number of ether oxygens (including phenoxy) is 1. The van der Waals surface area contributed by atoms with Gasteiger partial charge in [0.05, 0.1) is 17.8 Å². The average molecular weight is 426 g/mol. The molecule has 0 bridgehead atoms. The van der Waals surface area contributed by atoms with Crippen LogP contribution in [0.25, 0.3) is 0 Å². The number of nitrogens with zero attached hydrogens (tertiary/aromatic N) is 4. The van der Waals surface area contributed by atoms with Crippen molar-refractivity contribution in [1.29, 1.82) is 0 Å². The maximum Gasteiger partial charge on any atom is 0.415 e. The maximum absolute atomic E-state index is 14.8. The van der Waals surface area contributed by atoms with Crippen LogP contribution < -0.4 is 20.4 Å². The molecule has 1 aromatic heterocycles. The van der Waals surface area contributed by atoms with E-state index in [1.54, 1.807) is 29.4 Å². The number of anilines is 3. The minimum absolute atomic E-state index is 0.000944. The summed E-state index contributed by atoms with van der Waals surface area (Å²) in [5, 5.41) is 6.32. The van der Waals surface area contributed by atoms with Gasteiger partial charge in [0.1, 0.15) is 24.4 Å². The molecular formula is C22H27FN6O2. The van der Waals surface area contributed by atoms with Gasteiger partial charge in [0.2, 0.25) is 5.95 Å². The van der Waals surface area contributed by atoms with E-state index in [9.17, 15) is 9.18 Å². The number of nitrogens with one attached hydrogen (secondary N) is 2. The Bertz CT molecular complexity index is 998. The van der Waals surface area contributed by atoms with Crippen molar-refractivity contribution in [3.63, 3.8) is 0 Å². The Morgan fingerprint density at radius 2 is 2.10 bits per heavy atom. The zero-order valence-electron chi connectivity index (χ0n) is 18.0. The summed E-state index contributed by atoms with van der Waals surface area (Å²) in [6.45, 7) is 8.28. The summed E-state index contributed by atoms with van der Waals surface area (Å²) in [7, 11) is 0. The molecule has 3 atom stereocenters. The molecule has 1 fully saturated rings. The minimum atomic E-state index is -0.409. The first-order valence-corrected chi connectivity index (χ1v) is 10.4. The zero-order chi connectivity index (χ0) is 22.1. The number of hydrogen-bond donors (Lipinski definition) is 2. The molecule has 1 saturated heterocycles. The van der Waals surface area contributed by atoms with Crippen LogP contribution in [0.1, 0.15) is 39.3 Å². The predicted octanol–water partition coefficient (Wildman–Crippen LogP) is 4.00. The van der Waals surface area contributed by atoms with Gasteiger partial charge in [-0.2, -0.15) is 4.98 Å². The largest absolute Gasteiger partial charge is 0.447 e. The summed E-state index contributed by atoms with van der Waals surface area (Å²) in [6.07, 6.45) is 4.80. The molecule has 164 valence electrons. The SMILES string of the molecule is CC(C)[C@H]1COC(=O)N1c1ccnc(N[C@@H](C)c2ccc(N3C=CNC3C)c(F)c2)n1. The van der Waals surface area contributed by atoms with Gasteiger partial charge in [-0.25, -0.2) is 14.2 Å². The lowest BCUT2D eigenvalue weighted by Crippen LogP contribution is -2.37. The first-order valence-electron chi connectivity index (χ1n) is 10.4. The highest BCUT2D eigenvalue weighted by Gasteiger charge is 2.37. The molecule has 31 heavy (non-hydrogen) atoms. The summed E-state index contributed by atoms with van der Waals surface area (Å²) < 4.78 is 20.0. The van der Waals surface area contributed by atoms with Crippen molar-refractivity contribution in [2.24, 2.45) is 5.92 Å². The Hall–Kier alpha value is -3.36. The van der Waals surface area contributed by atoms with Crippen LogP contribution in [0.5, 0.6) is 0 Å². The van der Waals surface area contributed by atoms with Crippen LogP contribution in [-0.2, 0) is 4.74 Å². The molecule has 2 N–H and O–H groups in total. The highest BCUT2D eigenvalue weighted by Crippen LogP contribution is 2.29. The molecule has 2 aromatic rings. The van der Waals surface area contributed by atoms with Crippen molar-refractivity contribution in [3.05, 3.63) is 54.2 Å². The van der Waals surface area contributed by atoms with Crippen LogP contribution >= 0.6 is 0 Å². The number of halogens is 1. The maximum atomic E-state index is 14.8. The molecule has 1 aromatic carbocycles. The summed E-state index contributed by atoms with van der Waals surface area (Å²) in [5.41, 5.74) is 1.27. The number of aromatic nitrogens is 2. The number of carbonyl (C=O) groups excluding carboxylic acids is 1. The lowest BCUT2D eigenvalue weighted by molar-refractivity contribution is 0.177. The van der Waals surface area contributed by atoms with E-state index in [2.05, 4.69) is 20.6 Å². The molecule has 1 unspecified atom stereocenters. The fourth-order valence-electron chi connectivity index (χ4n) is 3.78. The van der Waals surface area contributed by atoms with Gasteiger partial charge < -0.3 is 20.3 Å². The normalized spacial score (nSPS) is 21.4. The summed E-state index contributed by atoms with van der Waals surface area (Å²) in [4.78, 5) is 24.4. The molecule has 2 aliphatic heterocycles. The third kappa shape index (κ3) is 4.12. The molecule has 0 spiro atoms. The van der Waals surface area contributed by atoms with Crippen LogP contribution in [0.3, 0.4) is 0 Å².